The van der Waals surface area contributed by atoms with Crippen LogP contribution in [0.2, 0.25) is 0 Å². The molecule has 1 aliphatic heterocycles. The summed E-state index contributed by atoms with van der Waals surface area (Å²) in [6.07, 6.45) is 0.758. The zero-order valence-electron chi connectivity index (χ0n) is 10.3. The fourth-order valence-electron chi connectivity index (χ4n) is 1.97. The summed E-state index contributed by atoms with van der Waals surface area (Å²) in [6.45, 7) is 5.92. The summed E-state index contributed by atoms with van der Waals surface area (Å²) in [5.41, 5.74) is 2.56. The van der Waals surface area contributed by atoms with Gasteiger partial charge in [0.25, 0.3) is 0 Å². The van der Waals surface area contributed by atoms with Crippen LogP contribution in [0.1, 0.15) is 18.1 Å². The Bertz CT molecular complexity index is 525. The fourth-order valence-corrected chi connectivity index (χ4v) is 2.54. The lowest BCUT2D eigenvalue weighted by Gasteiger charge is -2.15. The zero-order chi connectivity index (χ0) is 13.3. The molecule has 0 saturated carbocycles. The SMILES string of the molecule is C=C(OC)c1cc(Br)c(NC(C)=O)c2c1OCC2. The van der Waals surface area contributed by atoms with E-state index in [1.54, 1.807) is 7.11 Å². The highest BCUT2D eigenvalue weighted by Crippen LogP contribution is 2.42. The van der Waals surface area contributed by atoms with Crippen LogP contribution in [0.25, 0.3) is 5.76 Å². The van der Waals surface area contributed by atoms with Crippen molar-refractivity contribution < 1.29 is 14.3 Å². The lowest BCUT2D eigenvalue weighted by Crippen LogP contribution is -2.09. The molecule has 18 heavy (non-hydrogen) atoms. The molecule has 0 fully saturated rings. The first-order valence-electron chi connectivity index (χ1n) is 5.53. The Morgan fingerprint density at radius 1 is 1.61 bits per heavy atom. The van der Waals surface area contributed by atoms with E-state index in [9.17, 15) is 4.79 Å². The van der Waals surface area contributed by atoms with Crippen LogP contribution in [0, 0.1) is 0 Å². The van der Waals surface area contributed by atoms with Crippen molar-refractivity contribution >= 4 is 33.3 Å². The van der Waals surface area contributed by atoms with Gasteiger partial charge in [-0.05, 0) is 22.0 Å². The molecule has 0 aromatic heterocycles. The first kappa shape index (κ1) is 13.0. The number of fused-ring (bicyclic) bond motifs is 1. The molecule has 0 atom stereocenters. The number of ether oxygens (including phenoxy) is 2. The minimum atomic E-state index is -0.108. The summed E-state index contributed by atoms with van der Waals surface area (Å²) < 4.78 is 11.6. The third-order valence-corrected chi connectivity index (χ3v) is 3.40. The number of rotatable bonds is 3. The summed E-state index contributed by atoms with van der Waals surface area (Å²) >= 11 is 3.46. The molecule has 1 aliphatic rings. The largest absolute Gasteiger partial charge is 0.497 e. The topological polar surface area (TPSA) is 47.6 Å². The van der Waals surface area contributed by atoms with Gasteiger partial charge in [-0.3, -0.25) is 4.79 Å². The van der Waals surface area contributed by atoms with Crippen molar-refractivity contribution in [2.45, 2.75) is 13.3 Å². The average Bonchev–Trinajstić information content (AvgIpc) is 2.80. The predicted octanol–water partition coefficient (Wildman–Crippen LogP) is 2.96. The fraction of sp³-hybridized carbons (Fsp3) is 0.308. The minimum absolute atomic E-state index is 0.108. The van der Waals surface area contributed by atoms with Gasteiger partial charge in [0.1, 0.15) is 11.5 Å². The van der Waals surface area contributed by atoms with E-state index in [2.05, 4.69) is 27.8 Å². The number of benzene rings is 1. The number of amides is 1. The van der Waals surface area contributed by atoms with Gasteiger partial charge in [0.15, 0.2) is 0 Å². The normalized spacial score (nSPS) is 12.6. The molecule has 0 unspecified atom stereocenters. The highest BCUT2D eigenvalue weighted by atomic mass is 79.9. The molecule has 0 aliphatic carbocycles. The van der Waals surface area contributed by atoms with E-state index in [0.29, 0.717) is 12.4 Å². The maximum absolute atomic E-state index is 11.2. The maximum atomic E-state index is 11.2. The second kappa shape index (κ2) is 5.02. The van der Waals surface area contributed by atoms with Crippen molar-refractivity contribution in [1.82, 2.24) is 0 Å². The van der Waals surface area contributed by atoms with Gasteiger partial charge in [0, 0.05) is 23.4 Å². The summed E-state index contributed by atoms with van der Waals surface area (Å²) in [4.78, 5) is 11.2. The third-order valence-electron chi connectivity index (χ3n) is 2.78. The zero-order valence-corrected chi connectivity index (χ0v) is 11.9. The Labute approximate surface area is 114 Å². The second-order valence-corrected chi connectivity index (χ2v) is 4.85. The number of halogens is 1. The van der Waals surface area contributed by atoms with E-state index < -0.39 is 0 Å². The van der Waals surface area contributed by atoms with Gasteiger partial charge in [-0.1, -0.05) is 6.58 Å². The van der Waals surface area contributed by atoms with Gasteiger partial charge in [-0.15, -0.1) is 0 Å². The Kier molecular flexibility index (Phi) is 3.61. The first-order chi connectivity index (χ1) is 8.54. The Morgan fingerprint density at radius 2 is 2.33 bits per heavy atom. The molecule has 1 N–H and O–H groups in total. The lowest BCUT2D eigenvalue weighted by atomic mass is 10.0. The lowest BCUT2D eigenvalue weighted by molar-refractivity contribution is -0.114. The van der Waals surface area contributed by atoms with Gasteiger partial charge >= 0.3 is 0 Å². The average molecular weight is 312 g/mol. The highest BCUT2D eigenvalue weighted by Gasteiger charge is 2.24. The van der Waals surface area contributed by atoms with Crippen LogP contribution in [0.5, 0.6) is 5.75 Å². The molecular formula is C13H14BrNO3. The summed E-state index contributed by atoms with van der Waals surface area (Å²) in [6, 6.07) is 1.85. The van der Waals surface area contributed by atoms with E-state index in [1.807, 2.05) is 6.07 Å². The monoisotopic (exact) mass is 311 g/mol. The molecule has 1 heterocycles. The van der Waals surface area contributed by atoms with E-state index in [4.69, 9.17) is 9.47 Å². The number of carbonyl (C=O) groups is 1. The molecule has 0 bridgehead atoms. The third kappa shape index (κ3) is 2.22. The quantitative estimate of drug-likeness (QED) is 0.873. The molecule has 1 amide bonds. The number of methoxy groups -OCH3 is 1. The van der Waals surface area contributed by atoms with Crippen LogP contribution >= 0.6 is 15.9 Å². The van der Waals surface area contributed by atoms with Gasteiger partial charge in [-0.2, -0.15) is 0 Å². The molecule has 5 heteroatoms. The van der Waals surface area contributed by atoms with Crippen molar-refractivity contribution in [1.29, 1.82) is 0 Å². The molecule has 0 saturated heterocycles. The number of nitrogens with one attached hydrogen (secondary N) is 1. The van der Waals surface area contributed by atoms with Crippen molar-refractivity contribution in [3.63, 3.8) is 0 Å². The second-order valence-electron chi connectivity index (χ2n) is 4.00. The van der Waals surface area contributed by atoms with E-state index in [0.717, 1.165) is 33.5 Å². The predicted molar refractivity (Wildman–Crippen MR) is 73.7 cm³/mol. The van der Waals surface area contributed by atoms with Crippen molar-refractivity contribution in [3.05, 3.63) is 28.2 Å². The number of hydrogen-bond acceptors (Lipinski definition) is 3. The van der Waals surface area contributed by atoms with E-state index in [-0.39, 0.29) is 5.91 Å². The summed E-state index contributed by atoms with van der Waals surface area (Å²) in [5.74, 6) is 1.18. The Hall–Kier alpha value is -1.49. The summed E-state index contributed by atoms with van der Waals surface area (Å²) in [5, 5.41) is 2.82. The van der Waals surface area contributed by atoms with Crippen LogP contribution < -0.4 is 10.1 Å². The maximum Gasteiger partial charge on any atom is 0.221 e. The minimum Gasteiger partial charge on any atom is -0.497 e. The van der Waals surface area contributed by atoms with Gasteiger partial charge in [0.2, 0.25) is 5.91 Å². The molecule has 2 rings (SSSR count). The Morgan fingerprint density at radius 3 is 2.94 bits per heavy atom. The van der Waals surface area contributed by atoms with Gasteiger partial charge in [0.05, 0.1) is 25.0 Å². The molecular weight excluding hydrogens is 298 g/mol. The highest BCUT2D eigenvalue weighted by molar-refractivity contribution is 9.10. The number of carbonyl (C=O) groups excluding carboxylic acids is 1. The van der Waals surface area contributed by atoms with Crippen molar-refractivity contribution in [2.75, 3.05) is 19.0 Å². The van der Waals surface area contributed by atoms with Crippen molar-refractivity contribution in [2.24, 2.45) is 0 Å². The molecule has 0 radical (unpaired) electrons. The molecule has 0 spiro atoms. The standard InChI is InChI=1S/C13H14BrNO3/c1-7(17-3)10-6-11(14)12(15-8(2)16)9-4-5-18-13(9)10/h6H,1,4-5H2,2-3H3,(H,15,16). The van der Waals surface area contributed by atoms with Crippen molar-refractivity contribution in [3.8, 4) is 5.75 Å². The molecule has 1 aromatic rings. The summed E-state index contributed by atoms with van der Waals surface area (Å²) in [7, 11) is 1.57. The van der Waals surface area contributed by atoms with Gasteiger partial charge in [-0.25, -0.2) is 0 Å². The van der Waals surface area contributed by atoms with E-state index in [1.165, 1.54) is 6.92 Å². The van der Waals surface area contributed by atoms with Crippen LogP contribution in [-0.4, -0.2) is 19.6 Å². The number of anilines is 1. The van der Waals surface area contributed by atoms with Gasteiger partial charge < -0.3 is 14.8 Å². The first-order valence-corrected chi connectivity index (χ1v) is 6.33. The van der Waals surface area contributed by atoms with Crippen LogP contribution in [0.3, 0.4) is 0 Å². The smallest absolute Gasteiger partial charge is 0.221 e. The molecule has 1 aromatic carbocycles. The molecule has 4 nitrogen and oxygen atoms in total. The van der Waals surface area contributed by atoms with Crippen LogP contribution in [0.4, 0.5) is 5.69 Å². The Balaban J connectivity index is 2.56. The van der Waals surface area contributed by atoms with Crippen LogP contribution in [0.15, 0.2) is 17.1 Å². The van der Waals surface area contributed by atoms with E-state index >= 15 is 0 Å². The number of hydrogen-bond donors (Lipinski definition) is 1. The molecule has 96 valence electrons. The van der Waals surface area contributed by atoms with Crippen LogP contribution in [-0.2, 0) is 16.0 Å².